The molecule has 0 saturated carbocycles. The average Bonchev–Trinajstić information content (AvgIpc) is 2.37. The third-order valence-electron chi connectivity index (χ3n) is 2.93. The maximum atomic E-state index is 12.1. The maximum absolute atomic E-state index is 12.1. The van der Waals surface area contributed by atoms with Gasteiger partial charge >= 0.3 is 0 Å². The lowest BCUT2D eigenvalue weighted by Crippen LogP contribution is -2.28. The van der Waals surface area contributed by atoms with Gasteiger partial charge in [0.25, 0.3) is 0 Å². The summed E-state index contributed by atoms with van der Waals surface area (Å²) in [4.78, 5) is 0.832. The largest absolute Gasteiger partial charge is 0.314 e. The second kappa shape index (κ2) is 8.68. The van der Waals surface area contributed by atoms with Crippen LogP contribution in [0.25, 0.3) is 0 Å². The topological polar surface area (TPSA) is 29.1 Å². The molecule has 0 aliphatic heterocycles. The molecule has 0 radical (unpaired) electrons. The van der Waals surface area contributed by atoms with Crippen molar-refractivity contribution in [1.29, 1.82) is 0 Å². The van der Waals surface area contributed by atoms with Crippen molar-refractivity contribution in [3.63, 3.8) is 0 Å². The van der Waals surface area contributed by atoms with Gasteiger partial charge in [0, 0.05) is 21.7 Å². The molecule has 2 atom stereocenters. The highest BCUT2D eigenvalue weighted by Crippen LogP contribution is 2.15. The van der Waals surface area contributed by atoms with Gasteiger partial charge in [0.15, 0.2) is 0 Å². The smallest absolute Gasteiger partial charge is 0.0530 e. The normalized spacial score (nSPS) is 14.4. The summed E-state index contributed by atoms with van der Waals surface area (Å²) in [6, 6.07) is 7.87. The monoisotopic (exact) mass is 287 g/mol. The summed E-state index contributed by atoms with van der Waals surface area (Å²) < 4.78 is 12.1. The summed E-state index contributed by atoms with van der Waals surface area (Å²) in [7, 11) is -0.928. The quantitative estimate of drug-likeness (QED) is 0.791. The van der Waals surface area contributed by atoms with Crippen molar-refractivity contribution in [2.75, 3.05) is 12.3 Å². The third kappa shape index (κ3) is 5.51. The minimum absolute atomic E-state index is 0.548. The molecular formula is C14H22ClNOS. The molecule has 0 saturated heterocycles. The Balaban J connectivity index is 2.37. The van der Waals surface area contributed by atoms with Gasteiger partial charge in [0.2, 0.25) is 0 Å². The zero-order valence-electron chi connectivity index (χ0n) is 11.1. The summed E-state index contributed by atoms with van der Waals surface area (Å²) in [6.07, 6.45) is 3.18. The van der Waals surface area contributed by atoms with Crippen LogP contribution in [0.1, 0.15) is 33.1 Å². The number of benzene rings is 1. The SMILES string of the molecule is CCNC(CC)CCCS(=O)c1cccc(Cl)c1. The zero-order valence-corrected chi connectivity index (χ0v) is 12.7. The lowest BCUT2D eigenvalue weighted by atomic mass is 10.1. The molecule has 0 aliphatic carbocycles. The van der Waals surface area contributed by atoms with Crippen molar-refractivity contribution in [1.82, 2.24) is 5.32 Å². The molecule has 0 heterocycles. The molecular weight excluding hydrogens is 266 g/mol. The Morgan fingerprint density at radius 3 is 2.78 bits per heavy atom. The lowest BCUT2D eigenvalue weighted by molar-refractivity contribution is 0.476. The minimum Gasteiger partial charge on any atom is -0.314 e. The maximum Gasteiger partial charge on any atom is 0.0530 e. The van der Waals surface area contributed by atoms with Crippen LogP contribution in [0.3, 0.4) is 0 Å². The number of hydrogen-bond acceptors (Lipinski definition) is 2. The first kappa shape index (κ1) is 15.7. The van der Waals surface area contributed by atoms with Crippen molar-refractivity contribution in [3.8, 4) is 0 Å². The van der Waals surface area contributed by atoms with Crippen molar-refractivity contribution in [3.05, 3.63) is 29.3 Å². The molecule has 4 heteroatoms. The van der Waals surface area contributed by atoms with Crippen LogP contribution in [0.5, 0.6) is 0 Å². The van der Waals surface area contributed by atoms with Crippen LogP contribution < -0.4 is 5.32 Å². The van der Waals surface area contributed by atoms with E-state index in [4.69, 9.17) is 11.6 Å². The van der Waals surface area contributed by atoms with Crippen molar-refractivity contribution in [2.24, 2.45) is 0 Å². The molecule has 1 rings (SSSR count). The van der Waals surface area contributed by atoms with Crippen molar-refractivity contribution in [2.45, 2.75) is 44.0 Å². The van der Waals surface area contributed by atoms with E-state index in [1.165, 1.54) is 0 Å². The summed E-state index contributed by atoms with van der Waals surface area (Å²) >= 11 is 5.89. The van der Waals surface area contributed by atoms with Crippen LogP contribution in [0.2, 0.25) is 5.02 Å². The first-order valence-electron chi connectivity index (χ1n) is 6.54. The van der Waals surface area contributed by atoms with Gasteiger partial charge in [-0.25, -0.2) is 0 Å². The lowest BCUT2D eigenvalue weighted by Gasteiger charge is -2.15. The van der Waals surface area contributed by atoms with Crippen LogP contribution in [0, 0.1) is 0 Å². The van der Waals surface area contributed by atoms with Gasteiger partial charge in [-0.3, -0.25) is 4.21 Å². The Bertz CT molecular complexity index is 384. The molecule has 1 aromatic carbocycles. The van der Waals surface area contributed by atoms with Gasteiger partial charge in [-0.2, -0.15) is 0 Å². The van der Waals surface area contributed by atoms with Crippen LogP contribution in [-0.2, 0) is 10.8 Å². The van der Waals surface area contributed by atoms with E-state index >= 15 is 0 Å². The first-order chi connectivity index (χ1) is 8.67. The Morgan fingerprint density at radius 1 is 1.39 bits per heavy atom. The second-order valence-corrected chi connectivity index (χ2v) is 6.32. The van der Waals surface area contributed by atoms with Crippen LogP contribution >= 0.6 is 11.6 Å². The van der Waals surface area contributed by atoms with E-state index in [1.807, 2.05) is 12.1 Å². The number of rotatable bonds is 8. The van der Waals surface area contributed by atoms with E-state index in [1.54, 1.807) is 12.1 Å². The predicted molar refractivity (Wildman–Crippen MR) is 79.7 cm³/mol. The molecule has 0 spiro atoms. The number of halogens is 1. The first-order valence-corrected chi connectivity index (χ1v) is 8.24. The summed E-state index contributed by atoms with van der Waals surface area (Å²) in [5.41, 5.74) is 0. The zero-order chi connectivity index (χ0) is 13.4. The molecule has 0 bridgehead atoms. The Kier molecular flexibility index (Phi) is 7.56. The van der Waals surface area contributed by atoms with Crippen LogP contribution in [-0.4, -0.2) is 22.5 Å². The van der Waals surface area contributed by atoms with Gasteiger partial charge < -0.3 is 5.32 Å². The molecule has 0 amide bonds. The standard InChI is InChI=1S/C14H22ClNOS/c1-3-13(16-4-2)8-6-10-18(17)14-9-5-7-12(15)11-14/h5,7,9,11,13,16H,3-4,6,8,10H2,1-2H3. The van der Waals surface area contributed by atoms with E-state index in [2.05, 4.69) is 19.2 Å². The molecule has 1 aromatic rings. The van der Waals surface area contributed by atoms with Gasteiger partial charge in [-0.15, -0.1) is 0 Å². The summed E-state index contributed by atoms with van der Waals surface area (Å²) in [5, 5.41) is 4.09. The fourth-order valence-corrected chi connectivity index (χ4v) is 3.33. The Hall–Kier alpha value is -0.380. The summed E-state index contributed by atoms with van der Waals surface area (Å²) in [6.45, 7) is 5.30. The van der Waals surface area contributed by atoms with Crippen LogP contribution in [0.4, 0.5) is 0 Å². The number of hydrogen-bond donors (Lipinski definition) is 1. The van der Waals surface area contributed by atoms with E-state index < -0.39 is 10.8 Å². The van der Waals surface area contributed by atoms with E-state index in [-0.39, 0.29) is 0 Å². The van der Waals surface area contributed by atoms with E-state index in [0.717, 1.165) is 30.7 Å². The number of nitrogens with one attached hydrogen (secondary N) is 1. The average molecular weight is 288 g/mol. The Morgan fingerprint density at radius 2 is 2.17 bits per heavy atom. The molecule has 0 aromatic heterocycles. The highest BCUT2D eigenvalue weighted by molar-refractivity contribution is 7.85. The fraction of sp³-hybridized carbons (Fsp3) is 0.571. The van der Waals surface area contributed by atoms with E-state index in [9.17, 15) is 4.21 Å². The van der Waals surface area contributed by atoms with Gasteiger partial charge in [-0.1, -0.05) is 31.5 Å². The fourth-order valence-electron chi connectivity index (χ4n) is 1.93. The molecule has 0 fully saturated rings. The summed E-state index contributed by atoms with van der Waals surface area (Å²) in [5.74, 6) is 0.711. The molecule has 0 aliphatic rings. The van der Waals surface area contributed by atoms with Crippen molar-refractivity contribution < 1.29 is 4.21 Å². The third-order valence-corrected chi connectivity index (χ3v) is 4.60. The van der Waals surface area contributed by atoms with Crippen molar-refractivity contribution >= 4 is 22.4 Å². The van der Waals surface area contributed by atoms with Gasteiger partial charge in [0.05, 0.1) is 10.8 Å². The molecule has 102 valence electrons. The Labute approximate surface area is 118 Å². The molecule has 1 N–H and O–H groups in total. The van der Waals surface area contributed by atoms with Crippen LogP contribution in [0.15, 0.2) is 29.2 Å². The van der Waals surface area contributed by atoms with E-state index in [0.29, 0.717) is 16.8 Å². The predicted octanol–water partition coefficient (Wildman–Crippen LogP) is 3.62. The highest BCUT2D eigenvalue weighted by atomic mass is 35.5. The van der Waals surface area contributed by atoms with Gasteiger partial charge in [-0.05, 0) is 44.0 Å². The molecule has 2 nitrogen and oxygen atoms in total. The second-order valence-electron chi connectivity index (χ2n) is 4.31. The minimum atomic E-state index is -0.928. The molecule has 2 unspecified atom stereocenters. The molecule has 18 heavy (non-hydrogen) atoms. The highest BCUT2D eigenvalue weighted by Gasteiger charge is 2.07. The van der Waals surface area contributed by atoms with Gasteiger partial charge in [0.1, 0.15) is 0 Å².